The van der Waals surface area contributed by atoms with E-state index in [9.17, 15) is 4.79 Å². The van der Waals surface area contributed by atoms with Gasteiger partial charge < -0.3 is 20.9 Å². The van der Waals surface area contributed by atoms with E-state index in [4.69, 9.17) is 0 Å². The molecule has 152 valence electrons. The smallest absolute Gasteiger partial charge is 0.222 e. The molecule has 1 amide bonds. The first-order chi connectivity index (χ1) is 12.6. The van der Waals surface area contributed by atoms with Crippen molar-refractivity contribution in [3.63, 3.8) is 0 Å². The SMILES string of the molecule is CCNC(=NCCC(=O)NC(C)CC)NC1CCN(c2ccccc2)C1.I. The van der Waals surface area contributed by atoms with Crippen LogP contribution in [0.3, 0.4) is 0 Å². The molecular weight excluding hydrogens is 453 g/mol. The van der Waals surface area contributed by atoms with E-state index >= 15 is 0 Å². The molecular formula is C20H34IN5O. The van der Waals surface area contributed by atoms with Gasteiger partial charge in [0.1, 0.15) is 0 Å². The fourth-order valence-corrected chi connectivity index (χ4v) is 2.98. The van der Waals surface area contributed by atoms with Gasteiger partial charge in [0, 0.05) is 43.8 Å². The summed E-state index contributed by atoms with van der Waals surface area (Å²) >= 11 is 0. The number of para-hydroxylation sites is 1. The lowest BCUT2D eigenvalue weighted by atomic mass is 10.2. The summed E-state index contributed by atoms with van der Waals surface area (Å²) in [4.78, 5) is 18.8. The van der Waals surface area contributed by atoms with Gasteiger partial charge in [-0.1, -0.05) is 25.1 Å². The Labute approximate surface area is 180 Å². The van der Waals surface area contributed by atoms with E-state index in [-0.39, 0.29) is 35.9 Å². The van der Waals surface area contributed by atoms with Gasteiger partial charge in [0.25, 0.3) is 0 Å². The molecule has 0 aromatic heterocycles. The first kappa shape index (κ1) is 23.5. The Kier molecular flexibility index (Phi) is 11.2. The molecule has 2 rings (SSSR count). The highest BCUT2D eigenvalue weighted by Crippen LogP contribution is 2.19. The van der Waals surface area contributed by atoms with Crippen LogP contribution in [0, 0.1) is 0 Å². The minimum atomic E-state index is 0. The van der Waals surface area contributed by atoms with Gasteiger partial charge >= 0.3 is 0 Å². The lowest BCUT2D eigenvalue weighted by molar-refractivity contribution is -0.121. The standard InChI is InChI=1S/C20H33N5O.HI/c1-4-16(3)23-19(26)11-13-22-20(21-5-2)24-17-12-14-25(15-17)18-9-7-6-8-10-18;/h6-10,16-17H,4-5,11-15H2,1-3H3,(H,23,26)(H2,21,22,24);1H. The van der Waals surface area contributed by atoms with Gasteiger partial charge in [0.2, 0.25) is 5.91 Å². The molecule has 27 heavy (non-hydrogen) atoms. The van der Waals surface area contributed by atoms with Crippen molar-refractivity contribution in [1.82, 2.24) is 16.0 Å². The highest BCUT2D eigenvalue weighted by Gasteiger charge is 2.23. The summed E-state index contributed by atoms with van der Waals surface area (Å²) < 4.78 is 0. The van der Waals surface area contributed by atoms with Crippen LogP contribution >= 0.6 is 24.0 Å². The van der Waals surface area contributed by atoms with Gasteiger partial charge in [0.05, 0.1) is 6.54 Å². The predicted octanol–water partition coefficient (Wildman–Crippen LogP) is 2.74. The number of amides is 1. The summed E-state index contributed by atoms with van der Waals surface area (Å²) in [5.41, 5.74) is 1.26. The van der Waals surface area contributed by atoms with E-state index in [1.54, 1.807) is 0 Å². The molecule has 3 N–H and O–H groups in total. The van der Waals surface area contributed by atoms with Crippen molar-refractivity contribution in [3.05, 3.63) is 30.3 Å². The van der Waals surface area contributed by atoms with Crippen molar-refractivity contribution in [2.75, 3.05) is 31.1 Å². The molecule has 0 bridgehead atoms. The Morgan fingerprint density at radius 1 is 1.30 bits per heavy atom. The molecule has 1 aliphatic rings. The van der Waals surface area contributed by atoms with Crippen molar-refractivity contribution >= 4 is 41.5 Å². The molecule has 0 saturated carbocycles. The molecule has 1 aliphatic heterocycles. The Morgan fingerprint density at radius 2 is 2.04 bits per heavy atom. The van der Waals surface area contributed by atoms with Gasteiger partial charge in [0.15, 0.2) is 5.96 Å². The Hall–Kier alpha value is -1.51. The van der Waals surface area contributed by atoms with Crippen LogP contribution in [-0.4, -0.2) is 50.1 Å². The van der Waals surface area contributed by atoms with Crippen molar-refractivity contribution in [3.8, 4) is 0 Å². The summed E-state index contributed by atoms with van der Waals surface area (Å²) in [5, 5.41) is 9.76. The van der Waals surface area contributed by atoms with Crippen LogP contribution in [0.2, 0.25) is 0 Å². The van der Waals surface area contributed by atoms with Crippen LogP contribution in [0.1, 0.15) is 40.0 Å². The molecule has 1 heterocycles. The highest BCUT2D eigenvalue weighted by atomic mass is 127. The summed E-state index contributed by atoms with van der Waals surface area (Å²) in [6.07, 6.45) is 2.44. The fourth-order valence-electron chi connectivity index (χ4n) is 2.98. The second-order valence-corrected chi connectivity index (χ2v) is 6.80. The number of hydrogen-bond acceptors (Lipinski definition) is 3. The maximum atomic E-state index is 11.9. The normalized spacial score (nSPS) is 17.8. The number of carbonyl (C=O) groups is 1. The number of halogens is 1. The lowest BCUT2D eigenvalue weighted by Gasteiger charge is -2.20. The van der Waals surface area contributed by atoms with Crippen molar-refractivity contribution in [2.45, 2.75) is 52.1 Å². The zero-order chi connectivity index (χ0) is 18.8. The Bertz CT molecular complexity index is 581. The first-order valence-electron chi connectivity index (χ1n) is 9.76. The van der Waals surface area contributed by atoms with E-state index < -0.39 is 0 Å². The van der Waals surface area contributed by atoms with Gasteiger partial charge in [-0.3, -0.25) is 9.79 Å². The number of carbonyl (C=O) groups excluding carboxylic acids is 1. The summed E-state index contributed by atoms with van der Waals surface area (Å²) in [5.74, 6) is 0.860. The summed E-state index contributed by atoms with van der Waals surface area (Å²) in [7, 11) is 0. The maximum Gasteiger partial charge on any atom is 0.222 e. The average Bonchev–Trinajstić information content (AvgIpc) is 3.11. The van der Waals surface area contributed by atoms with Crippen molar-refractivity contribution < 1.29 is 4.79 Å². The number of anilines is 1. The van der Waals surface area contributed by atoms with E-state index in [2.05, 4.69) is 64.0 Å². The van der Waals surface area contributed by atoms with E-state index in [0.717, 1.165) is 38.4 Å². The molecule has 1 aromatic carbocycles. The molecule has 6 nitrogen and oxygen atoms in total. The van der Waals surface area contributed by atoms with E-state index in [0.29, 0.717) is 19.0 Å². The van der Waals surface area contributed by atoms with Gasteiger partial charge in [-0.2, -0.15) is 0 Å². The van der Waals surface area contributed by atoms with Gasteiger partial charge in [-0.15, -0.1) is 24.0 Å². The van der Waals surface area contributed by atoms with Crippen molar-refractivity contribution in [2.24, 2.45) is 4.99 Å². The number of nitrogens with one attached hydrogen (secondary N) is 3. The second-order valence-electron chi connectivity index (χ2n) is 6.80. The van der Waals surface area contributed by atoms with Crippen LogP contribution in [0.25, 0.3) is 0 Å². The number of rotatable bonds is 8. The summed E-state index contributed by atoms with van der Waals surface area (Å²) in [6, 6.07) is 11.1. The molecule has 1 fully saturated rings. The maximum absolute atomic E-state index is 11.9. The quantitative estimate of drug-likeness (QED) is 0.300. The topological polar surface area (TPSA) is 68.8 Å². The highest BCUT2D eigenvalue weighted by molar-refractivity contribution is 14.0. The molecule has 0 radical (unpaired) electrons. The number of guanidine groups is 1. The van der Waals surface area contributed by atoms with E-state index in [1.165, 1.54) is 5.69 Å². The molecule has 7 heteroatoms. The predicted molar refractivity (Wildman–Crippen MR) is 124 cm³/mol. The third-order valence-electron chi connectivity index (χ3n) is 4.62. The molecule has 0 spiro atoms. The zero-order valence-electron chi connectivity index (χ0n) is 16.7. The Morgan fingerprint density at radius 3 is 2.70 bits per heavy atom. The number of nitrogens with zero attached hydrogens (tertiary/aromatic N) is 2. The van der Waals surface area contributed by atoms with Gasteiger partial charge in [-0.05, 0) is 38.8 Å². The fraction of sp³-hybridized carbons (Fsp3) is 0.600. The molecule has 1 aromatic rings. The van der Waals surface area contributed by atoms with Crippen LogP contribution < -0.4 is 20.9 Å². The largest absolute Gasteiger partial charge is 0.369 e. The van der Waals surface area contributed by atoms with E-state index in [1.807, 2.05) is 13.0 Å². The second kappa shape index (κ2) is 12.8. The van der Waals surface area contributed by atoms with Crippen LogP contribution in [0.15, 0.2) is 35.3 Å². The van der Waals surface area contributed by atoms with Crippen LogP contribution in [0.4, 0.5) is 5.69 Å². The third kappa shape index (κ3) is 8.36. The Balaban J connectivity index is 0.00000364. The minimum absolute atomic E-state index is 0. The van der Waals surface area contributed by atoms with Gasteiger partial charge in [-0.25, -0.2) is 0 Å². The molecule has 1 saturated heterocycles. The molecule has 0 aliphatic carbocycles. The minimum Gasteiger partial charge on any atom is -0.369 e. The first-order valence-corrected chi connectivity index (χ1v) is 9.76. The lowest BCUT2D eigenvalue weighted by Crippen LogP contribution is -2.44. The number of hydrogen-bond donors (Lipinski definition) is 3. The molecule has 2 unspecified atom stereocenters. The third-order valence-corrected chi connectivity index (χ3v) is 4.62. The monoisotopic (exact) mass is 487 g/mol. The van der Waals surface area contributed by atoms with Crippen LogP contribution in [-0.2, 0) is 4.79 Å². The van der Waals surface area contributed by atoms with Crippen LogP contribution in [0.5, 0.6) is 0 Å². The number of aliphatic imine (C=N–C) groups is 1. The number of benzene rings is 1. The average molecular weight is 487 g/mol. The molecule has 2 atom stereocenters. The summed E-state index contributed by atoms with van der Waals surface area (Å²) in [6.45, 7) is 9.44. The van der Waals surface area contributed by atoms with Crippen molar-refractivity contribution in [1.29, 1.82) is 0 Å². The zero-order valence-corrected chi connectivity index (χ0v) is 19.0.